The first kappa shape index (κ1) is 20.6. The van der Waals surface area contributed by atoms with Crippen LogP contribution in [0.4, 0.5) is 5.69 Å². The molecule has 0 aliphatic carbocycles. The lowest BCUT2D eigenvalue weighted by atomic mass is 10.0. The second kappa shape index (κ2) is 9.92. The molecular formula is C23H24N4O4. The summed E-state index contributed by atoms with van der Waals surface area (Å²) in [6, 6.07) is 15.0. The van der Waals surface area contributed by atoms with Crippen molar-refractivity contribution in [3.63, 3.8) is 0 Å². The Labute approximate surface area is 179 Å². The summed E-state index contributed by atoms with van der Waals surface area (Å²) in [5.41, 5.74) is 2.56. The van der Waals surface area contributed by atoms with Crippen LogP contribution in [0.15, 0.2) is 61.1 Å². The van der Waals surface area contributed by atoms with E-state index < -0.39 is 6.10 Å². The number of hydrogen-bond donors (Lipinski definition) is 4. The van der Waals surface area contributed by atoms with Gasteiger partial charge in [0.1, 0.15) is 30.8 Å². The van der Waals surface area contributed by atoms with Crippen molar-refractivity contribution >= 4 is 23.2 Å². The zero-order valence-corrected chi connectivity index (χ0v) is 16.9. The number of anilines is 1. The normalized spacial score (nSPS) is 14.9. The van der Waals surface area contributed by atoms with Gasteiger partial charge in [0, 0.05) is 13.1 Å². The maximum absolute atomic E-state index is 12.4. The highest BCUT2D eigenvalue weighted by Crippen LogP contribution is 2.39. The van der Waals surface area contributed by atoms with E-state index in [-0.39, 0.29) is 12.5 Å². The number of carbonyl (C=O) groups excluding carboxylic acids is 1. The third-order valence-electron chi connectivity index (χ3n) is 4.71. The fraction of sp³-hybridized carbons (Fsp3) is 0.217. The van der Waals surface area contributed by atoms with Crippen molar-refractivity contribution in [1.29, 1.82) is 0 Å². The van der Waals surface area contributed by atoms with Crippen molar-refractivity contribution in [2.45, 2.75) is 6.10 Å². The summed E-state index contributed by atoms with van der Waals surface area (Å²) in [5.74, 6) is 1.14. The van der Waals surface area contributed by atoms with E-state index in [1.165, 1.54) is 0 Å². The Balaban J connectivity index is 1.29. The molecule has 4 rings (SSSR count). The van der Waals surface area contributed by atoms with E-state index in [1.54, 1.807) is 30.7 Å². The highest BCUT2D eigenvalue weighted by molar-refractivity contribution is 6.35. The lowest BCUT2D eigenvalue weighted by Gasteiger charge is -2.15. The van der Waals surface area contributed by atoms with Crippen LogP contribution < -0.4 is 20.1 Å². The largest absolute Gasteiger partial charge is 0.492 e. The number of aromatic amines is 1. The molecule has 0 radical (unpaired) electrons. The molecule has 0 saturated carbocycles. The minimum absolute atomic E-state index is 0.0918. The summed E-state index contributed by atoms with van der Waals surface area (Å²) < 4.78 is 11.5. The van der Waals surface area contributed by atoms with Gasteiger partial charge in [-0.2, -0.15) is 0 Å². The van der Waals surface area contributed by atoms with Crippen molar-refractivity contribution in [1.82, 2.24) is 15.3 Å². The number of nitrogens with one attached hydrogen (secondary N) is 3. The van der Waals surface area contributed by atoms with Crippen molar-refractivity contribution in [2.75, 3.05) is 31.6 Å². The molecule has 2 heterocycles. The molecule has 0 bridgehead atoms. The molecule has 1 aliphatic heterocycles. The molecule has 3 aromatic rings. The van der Waals surface area contributed by atoms with Crippen LogP contribution in [0, 0.1) is 0 Å². The van der Waals surface area contributed by atoms with Gasteiger partial charge in [0.05, 0.1) is 35.0 Å². The van der Waals surface area contributed by atoms with E-state index in [9.17, 15) is 9.90 Å². The first-order chi connectivity index (χ1) is 15.2. The molecule has 1 unspecified atom stereocenters. The van der Waals surface area contributed by atoms with E-state index in [4.69, 9.17) is 9.47 Å². The van der Waals surface area contributed by atoms with Crippen molar-refractivity contribution in [3.8, 4) is 11.5 Å². The number of ether oxygens (including phenoxy) is 2. The standard InChI is InChI=1S/C23H24N4O4/c28-17(13-24-9-10-30-18-5-2-1-3-6-18)14-31-21-8-4-7-20-22(21)19(23(29)27-20)11-16-12-25-15-26-16/h1-8,11-12,15,17,24,28H,9-10,13-14H2,(H,25,26)(H,27,29)/b19-11-. The average Bonchev–Trinajstić information content (AvgIpc) is 3.41. The Kier molecular flexibility index (Phi) is 6.61. The van der Waals surface area contributed by atoms with Gasteiger partial charge in [-0.15, -0.1) is 0 Å². The molecule has 0 saturated heterocycles. The van der Waals surface area contributed by atoms with Crippen LogP contribution in [-0.4, -0.2) is 53.4 Å². The van der Waals surface area contributed by atoms with E-state index in [1.807, 2.05) is 36.4 Å². The van der Waals surface area contributed by atoms with Crippen LogP contribution in [-0.2, 0) is 4.79 Å². The second-order valence-electron chi connectivity index (χ2n) is 7.03. The molecule has 8 heteroatoms. The van der Waals surface area contributed by atoms with E-state index in [0.29, 0.717) is 42.3 Å². The fourth-order valence-electron chi connectivity index (χ4n) is 3.25. The maximum Gasteiger partial charge on any atom is 0.256 e. The molecule has 1 aromatic heterocycles. The number of fused-ring (bicyclic) bond motifs is 1. The number of aliphatic hydroxyl groups is 1. The number of rotatable bonds is 10. The van der Waals surface area contributed by atoms with Gasteiger partial charge in [0.15, 0.2) is 0 Å². The minimum atomic E-state index is -0.710. The molecule has 31 heavy (non-hydrogen) atoms. The first-order valence-corrected chi connectivity index (χ1v) is 10.0. The maximum atomic E-state index is 12.4. The molecule has 2 aromatic carbocycles. The number of imidazole rings is 1. The van der Waals surface area contributed by atoms with Gasteiger partial charge in [0.2, 0.25) is 0 Å². The second-order valence-corrected chi connectivity index (χ2v) is 7.03. The van der Waals surface area contributed by atoms with Crippen LogP contribution in [0.3, 0.4) is 0 Å². The molecule has 0 fully saturated rings. The van der Waals surface area contributed by atoms with E-state index in [0.717, 1.165) is 11.4 Å². The van der Waals surface area contributed by atoms with Crippen molar-refractivity contribution in [2.24, 2.45) is 0 Å². The third-order valence-corrected chi connectivity index (χ3v) is 4.71. The Morgan fingerprint density at radius 3 is 2.81 bits per heavy atom. The van der Waals surface area contributed by atoms with E-state index in [2.05, 4.69) is 20.6 Å². The Morgan fingerprint density at radius 2 is 2.00 bits per heavy atom. The number of benzene rings is 2. The lowest BCUT2D eigenvalue weighted by molar-refractivity contribution is -0.110. The van der Waals surface area contributed by atoms with Gasteiger partial charge < -0.3 is 30.2 Å². The molecule has 4 N–H and O–H groups in total. The highest BCUT2D eigenvalue weighted by Gasteiger charge is 2.28. The quantitative estimate of drug-likeness (QED) is 0.296. The van der Waals surface area contributed by atoms with Gasteiger partial charge in [-0.25, -0.2) is 4.98 Å². The molecular weight excluding hydrogens is 396 g/mol. The summed E-state index contributed by atoms with van der Waals surface area (Å²) >= 11 is 0. The molecule has 1 amide bonds. The van der Waals surface area contributed by atoms with E-state index >= 15 is 0 Å². The molecule has 0 spiro atoms. The van der Waals surface area contributed by atoms with Crippen LogP contribution >= 0.6 is 0 Å². The number of nitrogens with zero attached hydrogens (tertiary/aromatic N) is 1. The lowest BCUT2D eigenvalue weighted by Crippen LogP contribution is -2.33. The average molecular weight is 420 g/mol. The predicted molar refractivity (Wildman–Crippen MR) is 118 cm³/mol. The number of carbonyl (C=O) groups is 1. The number of aliphatic hydroxyl groups excluding tert-OH is 1. The van der Waals surface area contributed by atoms with Crippen LogP contribution in [0.2, 0.25) is 0 Å². The van der Waals surface area contributed by atoms with Crippen LogP contribution in [0.5, 0.6) is 11.5 Å². The summed E-state index contributed by atoms with van der Waals surface area (Å²) in [5, 5.41) is 16.2. The minimum Gasteiger partial charge on any atom is -0.492 e. The Hall–Kier alpha value is -3.62. The van der Waals surface area contributed by atoms with Gasteiger partial charge >= 0.3 is 0 Å². The topological polar surface area (TPSA) is 108 Å². The SMILES string of the molecule is O=C1Nc2cccc(OCC(O)CNCCOc3ccccc3)c2/C1=C/c1cnc[nH]1. The van der Waals surface area contributed by atoms with Gasteiger partial charge in [-0.05, 0) is 30.3 Å². The zero-order chi connectivity index (χ0) is 21.5. The van der Waals surface area contributed by atoms with Crippen LogP contribution in [0.1, 0.15) is 11.3 Å². The number of amides is 1. The predicted octanol–water partition coefficient (Wildman–Crippen LogP) is 2.31. The summed E-state index contributed by atoms with van der Waals surface area (Å²) in [7, 11) is 0. The van der Waals surface area contributed by atoms with Crippen molar-refractivity contribution in [3.05, 3.63) is 72.3 Å². The summed E-state index contributed by atoms with van der Waals surface area (Å²) in [6.45, 7) is 1.55. The number of aromatic nitrogens is 2. The van der Waals surface area contributed by atoms with Gasteiger partial charge in [-0.3, -0.25) is 4.79 Å². The number of hydrogen-bond acceptors (Lipinski definition) is 6. The Bertz CT molecular complexity index is 1030. The highest BCUT2D eigenvalue weighted by atomic mass is 16.5. The monoisotopic (exact) mass is 420 g/mol. The zero-order valence-electron chi connectivity index (χ0n) is 16.9. The van der Waals surface area contributed by atoms with Crippen molar-refractivity contribution < 1.29 is 19.4 Å². The summed E-state index contributed by atoms with van der Waals surface area (Å²) in [6.07, 6.45) is 4.21. The molecule has 1 aliphatic rings. The molecule has 160 valence electrons. The van der Waals surface area contributed by atoms with Gasteiger partial charge in [0.25, 0.3) is 5.91 Å². The Morgan fingerprint density at radius 1 is 1.13 bits per heavy atom. The fourth-order valence-corrected chi connectivity index (χ4v) is 3.25. The number of H-pyrrole nitrogens is 1. The summed E-state index contributed by atoms with van der Waals surface area (Å²) in [4.78, 5) is 19.3. The first-order valence-electron chi connectivity index (χ1n) is 10.0. The number of para-hydroxylation sites is 1. The third kappa shape index (κ3) is 5.30. The van der Waals surface area contributed by atoms with Gasteiger partial charge in [-0.1, -0.05) is 24.3 Å². The molecule has 8 nitrogen and oxygen atoms in total. The molecule has 1 atom stereocenters. The van der Waals surface area contributed by atoms with Crippen LogP contribution in [0.25, 0.3) is 11.6 Å². The smallest absolute Gasteiger partial charge is 0.256 e.